The van der Waals surface area contributed by atoms with Crippen molar-refractivity contribution in [2.45, 2.75) is 96.9 Å². The Balaban J connectivity index is 1.97. The molecular formula is C20H38O3. The van der Waals surface area contributed by atoms with E-state index in [1.165, 1.54) is 0 Å². The molecule has 0 aromatic heterocycles. The summed E-state index contributed by atoms with van der Waals surface area (Å²) >= 11 is 0. The van der Waals surface area contributed by atoms with Crippen molar-refractivity contribution >= 4 is 0 Å². The van der Waals surface area contributed by atoms with Crippen LogP contribution in [-0.4, -0.2) is 35.1 Å². The monoisotopic (exact) mass is 326 g/mol. The summed E-state index contributed by atoms with van der Waals surface area (Å²) in [6.07, 6.45) is 5.88. The molecule has 23 heavy (non-hydrogen) atoms. The van der Waals surface area contributed by atoms with Crippen LogP contribution in [0.15, 0.2) is 0 Å². The molecule has 0 bridgehead atoms. The van der Waals surface area contributed by atoms with Crippen LogP contribution in [0.25, 0.3) is 0 Å². The summed E-state index contributed by atoms with van der Waals surface area (Å²) < 4.78 is 11.9. The summed E-state index contributed by atoms with van der Waals surface area (Å²) in [5.41, 5.74) is -0.649. The lowest BCUT2D eigenvalue weighted by Crippen LogP contribution is -2.49. The first kappa shape index (κ1) is 19.2. The third-order valence-electron chi connectivity index (χ3n) is 6.30. The lowest BCUT2D eigenvalue weighted by atomic mass is 9.72. The Morgan fingerprint density at radius 3 is 2.22 bits per heavy atom. The van der Waals surface area contributed by atoms with Crippen LogP contribution in [0.2, 0.25) is 0 Å². The number of hydrogen-bond donors (Lipinski definition) is 1. The van der Waals surface area contributed by atoms with E-state index < -0.39 is 5.60 Å². The van der Waals surface area contributed by atoms with E-state index >= 15 is 0 Å². The number of aliphatic hydroxyl groups is 1. The predicted molar refractivity (Wildman–Crippen MR) is 94.5 cm³/mol. The van der Waals surface area contributed by atoms with E-state index in [1.807, 2.05) is 0 Å². The highest BCUT2D eigenvalue weighted by Gasteiger charge is 2.44. The lowest BCUT2D eigenvalue weighted by molar-refractivity contribution is -0.193. The largest absolute Gasteiger partial charge is 0.389 e. The van der Waals surface area contributed by atoms with Gasteiger partial charge in [0.25, 0.3) is 0 Å². The van der Waals surface area contributed by atoms with Crippen molar-refractivity contribution in [2.24, 2.45) is 17.8 Å². The first-order valence-corrected chi connectivity index (χ1v) is 9.56. The molecule has 0 radical (unpaired) electrons. The van der Waals surface area contributed by atoms with Crippen molar-refractivity contribution in [3.8, 4) is 0 Å². The van der Waals surface area contributed by atoms with Gasteiger partial charge in [0.05, 0.1) is 16.8 Å². The zero-order chi connectivity index (χ0) is 17.3. The van der Waals surface area contributed by atoms with E-state index in [1.54, 1.807) is 0 Å². The Kier molecular flexibility index (Phi) is 5.86. The Morgan fingerprint density at radius 1 is 1.04 bits per heavy atom. The molecule has 2 rings (SSSR count). The van der Waals surface area contributed by atoms with E-state index in [9.17, 15) is 5.11 Å². The Morgan fingerprint density at radius 2 is 1.65 bits per heavy atom. The maximum absolute atomic E-state index is 10.9. The van der Waals surface area contributed by atoms with Crippen LogP contribution >= 0.6 is 0 Å². The third-order valence-corrected chi connectivity index (χ3v) is 6.30. The first-order chi connectivity index (χ1) is 10.6. The molecule has 3 atom stereocenters. The summed E-state index contributed by atoms with van der Waals surface area (Å²) in [7, 11) is 0. The average Bonchev–Trinajstić information content (AvgIpc) is 2.43. The smallest absolute Gasteiger partial charge is 0.0717 e. The average molecular weight is 327 g/mol. The fourth-order valence-corrected chi connectivity index (χ4v) is 4.64. The second kappa shape index (κ2) is 7.01. The van der Waals surface area contributed by atoms with Crippen molar-refractivity contribution in [1.29, 1.82) is 0 Å². The van der Waals surface area contributed by atoms with Gasteiger partial charge in [-0.2, -0.15) is 0 Å². The normalized spacial score (nSPS) is 35.2. The quantitative estimate of drug-likeness (QED) is 0.804. The molecule has 3 heteroatoms. The van der Waals surface area contributed by atoms with Gasteiger partial charge in [-0.25, -0.2) is 0 Å². The maximum Gasteiger partial charge on any atom is 0.0717 e. The molecule has 1 N–H and O–H groups in total. The highest BCUT2D eigenvalue weighted by Crippen LogP contribution is 2.45. The fourth-order valence-electron chi connectivity index (χ4n) is 4.64. The van der Waals surface area contributed by atoms with E-state index in [0.29, 0.717) is 25.0 Å². The fraction of sp³-hybridized carbons (Fsp3) is 1.00. The molecule has 136 valence electrons. The minimum absolute atomic E-state index is 0.0409. The van der Waals surface area contributed by atoms with Gasteiger partial charge in [0.1, 0.15) is 0 Å². The second-order valence-electron chi connectivity index (χ2n) is 9.38. The van der Waals surface area contributed by atoms with Crippen molar-refractivity contribution in [3.05, 3.63) is 0 Å². The van der Waals surface area contributed by atoms with Gasteiger partial charge in [-0.05, 0) is 77.0 Å². The van der Waals surface area contributed by atoms with Gasteiger partial charge >= 0.3 is 0 Å². The standard InChI is InChI=1S/C20H38O3/c1-15(2)17-13-18(4,5)23-19(6,14-17)8-7-16(3)20(21)9-11-22-12-10-20/h15-17,21H,7-14H2,1-6H3. The molecule has 3 unspecified atom stereocenters. The SMILES string of the molecule is CC(C)C1CC(C)(C)OC(C)(CCC(C)C2(O)CCOCC2)C1. The highest BCUT2D eigenvalue weighted by atomic mass is 16.5. The van der Waals surface area contributed by atoms with E-state index in [-0.39, 0.29) is 11.2 Å². The summed E-state index contributed by atoms with van der Waals surface area (Å²) in [5, 5.41) is 10.9. The summed E-state index contributed by atoms with van der Waals surface area (Å²) in [6.45, 7) is 15.0. The molecule has 2 aliphatic rings. The van der Waals surface area contributed by atoms with Crippen LogP contribution in [0.1, 0.15) is 80.1 Å². The van der Waals surface area contributed by atoms with Gasteiger partial charge in [0.15, 0.2) is 0 Å². The zero-order valence-corrected chi connectivity index (χ0v) is 16.2. The van der Waals surface area contributed by atoms with Crippen LogP contribution in [0, 0.1) is 17.8 Å². The molecule has 0 aromatic carbocycles. The zero-order valence-electron chi connectivity index (χ0n) is 16.2. The van der Waals surface area contributed by atoms with E-state index in [4.69, 9.17) is 9.47 Å². The minimum atomic E-state index is -0.545. The Hall–Kier alpha value is -0.120. The van der Waals surface area contributed by atoms with Gasteiger partial charge < -0.3 is 14.6 Å². The predicted octanol–water partition coefficient (Wildman–Crippen LogP) is 4.56. The maximum atomic E-state index is 10.9. The van der Waals surface area contributed by atoms with Gasteiger partial charge in [0, 0.05) is 13.2 Å². The second-order valence-corrected chi connectivity index (χ2v) is 9.38. The van der Waals surface area contributed by atoms with E-state index in [0.717, 1.165) is 44.4 Å². The lowest BCUT2D eigenvalue weighted by Gasteiger charge is -2.49. The highest BCUT2D eigenvalue weighted by molar-refractivity contribution is 4.94. The summed E-state index contributed by atoms with van der Waals surface area (Å²) in [5.74, 6) is 1.73. The van der Waals surface area contributed by atoms with Crippen molar-refractivity contribution in [2.75, 3.05) is 13.2 Å². The van der Waals surface area contributed by atoms with Crippen LogP contribution < -0.4 is 0 Å². The Bertz CT molecular complexity index is 384. The number of hydrogen-bond acceptors (Lipinski definition) is 3. The first-order valence-electron chi connectivity index (χ1n) is 9.56. The van der Waals surface area contributed by atoms with Crippen molar-refractivity contribution in [1.82, 2.24) is 0 Å². The number of ether oxygens (including phenoxy) is 2. The Labute approximate surface area is 143 Å². The molecule has 0 amide bonds. The molecule has 0 saturated carbocycles. The molecule has 0 aromatic rings. The number of rotatable bonds is 5. The van der Waals surface area contributed by atoms with Crippen LogP contribution in [0.5, 0.6) is 0 Å². The van der Waals surface area contributed by atoms with Crippen LogP contribution in [0.4, 0.5) is 0 Å². The molecular weight excluding hydrogens is 288 g/mol. The molecule has 2 fully saturated rings. The third kappa shape index (κ3) is 4.93. The summed E-state index contributed by atoms with van der Waals surface area (Å²) in [6, 6.07) is 0. The molecule has 3 nitrogen and oxygen atoms in total. The summed E-state index contributed by atoms with van der Waals surface area (Å²) in [4.78, 5) is 0. The topological polar surface area (TPSA) is 38.7 Å². The minimum Gasteiger partial charge on any atom is -0.389 e. The van der Waals surface area contributed by atoms with Crippen molar-refractivity contribution in [3.63, 3.8) is 0 Å². The van der Waals surface area contributed by atoms with Gasteiger partial charge in [0.2, 0.25) is 0 Å². The van der Waals surface area contributed by atoms with Gasteiger partial charge in [-0.1, -0.05) is 20.8 Å². The molecule has 0 spiro atoms. The molecule has 0 aliphatic carbocycles. The molecule has 2 heterocycles. The molecule has 2 saturated heterocycles. The van der Waals surface area contributed by atoms with Crippen molar-refractivity contribution < 1.29 is 14.6 Å². The van der Waals surface area contributed by atoms with Gasteiger partial charge in [-0.15, -0.1) is 0 Å². The van der Waals surface area contributed by atoms with Crippen LogP contribution in [0.3, 0.4) is 0 Å². The molecule has 2 aliphatic heterocycles. The van der Waals surface area contributed by atoms with E-state index in [2.05, 4.69) is 41.5 Å². The van der Waals surface area contributed by atoms with Crippen LogP contribution in [-0.2, 0) is 9.47 Å². The van der Waals surface area contributed by atoms with Gasteiger partial charge in [-0.3, -0.25) is 0 Å².